The minimum Gasteiger partial charge on any atom is -0.245 e. The van der Waals surface area contributed by atoms with Crippen LogP contribution in [0.4, 0.5) is 22.0 Å². The zero-order valence-electron chi connectivity index (χ0n) is 11.2. The molecule has 0 aliphatic carbocycles. The van der Waals surface area contributed by atoms with Crippen LogP contribution in [-0.4, -0.2) is 9.55 Å². The van der Waals surface area contributed by atoms with Crippen molar-refractivity contribution in [1.82, 2.24) is 9.55 Å². The minimum absolute atomic E-state index is 0.0795. The van der Waals surface area contributed by atoms with E-state index in [2.05, 4.69) is 4.98 Å². The molecule has 122 valence electrons. The van der Waals surface area contributed by atoms with E-state index >= 15 is 0 Å². The molecule has 0 fully saturated rings. The number of aromatic nitrogens is 2. The summed E-state index contributed by atoms with van der Waals surface area (Å²) < 4.78 is 64.0. The van der Waals surface area contributed by atoms with Crippen molar-refractivity contribution >= 4 is 23.8 Å². The van der Waals surface area contributed by atoms with E-state index in [1.807, 2.05) is 0 Å². The van der Waals surface area contributed by atoms with Crippen LogP contribution in [0, 0.1) is 0 Å². The second kappa shape index (κ2) is 6.11. The first kappa shape index (κ1) is 17.1. The normalized spacial score (nSPS) is 12.8. The highest BCUT2D eigenvalue weighted by molar-refractivity contribution is 6.19. The fourth-order valence-corrected chi connectivity index (χ4v) is 1.91. The van der Waals surface area contributed by atoms with Crippen molar-refractivity contribution in [3.8, 4) is 0 Å². The van der Waals surface area contributed by atoms with Crippen molar-refractivity contribution in [1.29, 1.82) is 0 Å². The summed E-state index contributed by atoms with van der Waals surface area (Å²) in [5.74, 6) is 0. The molecule has 23 heavy (non-hydrogen) atoms. The lowest BCUT2D eigenvalue weighted by atomic mass is 10.1. The second-order valence-corrected chi connectivity index (χ2v) is 4.85. The van der Waals surface area contributed by atoms with Crippen LogP contribution >= 0.6 is 11.6 Å². The molecule has 3 nitrogen and oxygen atoms in total. The summed E-state index contributed by atoms with van der Waals surface area (Å²) in [6, 6.07) is 5.81. The smallest absolute Gasteiger partial charge is 0.245 e. The quantitative estimate of drug-likeness (QED) is 0.615. The Kier molecular flexibility index (Phi) is 4.56. The SMILES string of the molecule is O=c1nc(/C=C/c2ccccc2C(F)(F)F)ccn1C(F)(F)Cl. The number of nitrogens with zero attached hydrogens (tertiary/aromatic N) is 2. The van der Waals surface area contributed by atoms with Gasteiger partial charge in [0.1, 0.15) is 0 Å². The minimum atomic E-state index is -4.54. The summed E-state index contributed by atoms with van der Waals surface area (Å²) in [6.45, 7) is 0. The lowest BCUT2D eigenvalue weighted by Crippen LogP contribution is -2.31. The zero-order chi connectivity index (χ0) is 17.3. The van der Waals surface area contributed by atoms with Crippen molar-refractivity contribution < 1.29 is 22.0 Å². The lowest BCUT2D eigenvalue weighted by Gasteiger charge is -2.10. The van der Waals surface area contributed by atoms with Crippen molar-refractivity contribution in [3.63, 3.8) is 0 Å². The molecule has 0 atom stereocenters. The predicted octanol–water partition coefficient (Wildman–Crippen LogP) is 4.18. The number of alkyl halides is 6. The molecule has 0 saturated carbocycles. The molecule has 0 spiro atoms. The molecule has 1 aromatic heterocycles. The Hall–Kier alpha value is -2.22. The van der Waals surface area contributed by atoms with Crippen LogP contribution in [-0.2, 0) is 11.7 Å². The molecular formula is C14H8ClF5N2O. The monoisotopic (exact) mass is 350 g/mol. The van der Waals surface area contributed by atoms with Gasteiger partial charge in [-0.1, -0.05) is 24.3 Å². The van der Waals surface area contributed by atoms with Gasteiger partial charge in [-0.05, 0) is 35.4 Å². The summed E-state index contributed by atoms with van der Waals surface area (Å²) >= 11 is 4.71. The average molecular weight is 351 g/mol. The highest BCUT2D eigenvalue weighted by Gasteiger charge is 2.32. The molecule has 0 aliphatic heterocycles. The van der Waals surface area contributed by atoms with E-state index in [1.54, 1.807) is 0 Å². The molecule has 0 amide bonds. The first-order valence-electron chi connectivity index (χ1n) is 6.10. The molecule has 9 heteroatoms. The third-order valence-corrected chi connectivity index (χ3v) is 2.98. The van der Waals surface area contributed by atoms with Gasteiger partial charge in [0.15, 0.2) is 0 Å². The maximum atomic E-state index is 12.8. The zero-order valence-corrected chi connectivity index (χ0v) is 11.9. The van der Waals surface area contributed by atoms with E-state index in [1.165, 1.54) is 18.2 Å². The number of hydrogen-bond acceptors (Lipinski definition) is 2. The van der Waals surface area contributed by atoms with Gasteiger partial charge in [0.2, 0.25) is 0 Å². The van der Waals surface area contributed by atoms with Gasteiger partial charge >= 0.3 is 17.4 Å². The second-order valence-electron chi connectivity index (χ2n) is 4.39. The Morgan fingerprint density at radius 2 is 1.70 bits per heavy atom. The maximum Gasteiger partial charge on any atom is 0.416 e. The number of halogens is 6. The Balaban J connectivity index is 2.36. The van der Waals surface area contributed by atoms with E-state index in [0.29, 0.717) is 6.20 Å². The number of benzene rings is 1. The van der Waals surface area contributed by atoms with Gasteiger partial charge in [0.25, 0.3) is 0 Å². The Labute approximate surface area is 131 Å². The Bertz CT molecular complexity index is 793. The highest BCUT2D eigenvalue weighted by atomic mass is 35.5. The van der Waals surface area contributed by atoms with Crippen molar-refractivity contribution in [2.24, 2.45) is 0 Å². The van der Waals surface area contributed by atoms with Crippen LogP contribution in [0.15, 0.2) is 41.3 Å². The molecular weight excluding hydrogens is 343 g/mol. The van der Waals surface area contributed by atoms with Gasteiger partial charge in [-0.25, -0.2) is 9.36 Å². The van der Waals surface area contributed by atoms with E-state index < -0.39 is 22.9 Å². The lowest BCUT2D eigenvalue weighted by molar-refractivity contribution is -0.137. The number of hydrogen-bond donors (Lipinski definition) is 0. The molecule has 0 radical (unpaired) electrons. The molecule has 2 rings (SSSR count). The van der Waals surface area contributed by atoms with Gasteiger partial charge in [-0.2, -0.15) is 26.9 Å². The summed E-state index contributed by atoms with van der Waals surface area (Å²) in [4.78, 5) is 14.7. The largest absolute Gasteiger partial charge is 0.416 e. The molecule has 0 bridgehead atoms. The van der Waals surface area contributed by atoms with E-state index in [0.717, 1.165) is 24.3 Å². The number of rotatable bonds is 3. The van der Waals surface area contributed by atoms with E-state index in [9.17, 15) is 26.7 Å². The summed E-state index contributed by atoms with van der Waals surface area (Å²) in [5.41, 5.74) is -6.35. The molecule has 2 aromatic rings. The molecule has 0 aliphatic rings. The van der Waals surface area contributed by atoms with Crippen LogP contribution in [0.25, 0.3) is 12.2 Å². The molecule has 1 aromatic carbocycles. The van der Waals surface area contributed by atoms with Crippen LogP contribution in [0.2, 0.25) is 0 Å². The Morgan fingerprint density at radius 1 is 1.04 bits per heavy atom. The summed E-state index contributed by atoms with van der Waals surface area (Å²) in [6.07, 6.45) is -1.63. The highest BCUT2D eigenvalue weighted by Crippen LogP contribution is 2.32. The summed E-state index contributed by atoms with van der Waals surface area (Å²) in [7, 11) is 0. The topological polar surface area (TPSA) is 34.9 Å². The Morgan fingerprint density at radius 3 is 2.26 bits per heavy atom. The van der Waals surface area contributed by atoms with Crippen LogP contribution in [0.5, 0.6) is 0 Å². The first-order chi connectivity index (χ1) is 10.6. The van der Waals surface area contributed by atoms with Crippen molar-refractivity contribution in [3.05, 3.63) is 63.8 Å². The summed E-state index contributed by atoms with van der Waals surface area (Å²) in [5, 5.41) is 0. The van der Waals surface area contributed by atoms with Gasteiger partial charge < -0.3 is 0 Å². The predicted molar refractivity (Wildman–Crippen MR) is 74.9 cm³/mol. The van der Waals surface area contributed by atoms with Gasteiger partial charge in [0, 0.05) is 6.20 Å². The van der Waals surface area contributed by atoms with Crippen molar-refractivity contribution in [2.75, 3.05) is 0 Å². The van der Waals surface area contributed by atoms with Gasteiger partial charge in [-0.15, -0.1) is 0 Å². The fourth-order valence-electron chi connectivity index (χ4n) is 1.78. The average Bonchev–Trinajstić information content (AvgIpc) is 2.43. The molecule has 0 N–H and O–H groups in total. The third kappa shape index (κ3) is 4.16. The standard InChI is InChI=1S/C14H8ClF5N2O/c15-14(19,20)22-8-7-10(21-12(22)23)6-5-9-3-1-2-4-11(9)13(16,17)18/h1-8H/b6-5+. The first-order valence-corrected chi connectivity index (χ1v) is 6.48. The third-order valence-electron chi connectivity index (χ3n) is 2.80. The molecule has 0 saturated heterocycles. The van der Waals surface area contributed by atoms with E-state index in [4.69, 9.17) is 11.6 Å². The van der Waals surface area contributed by atoms with Gasteiger partial charge in [-0.3, -0.25) is 0 Å². The maximum absolute atomic E-state index is 12.8. The van der Waals surface area contributed by atoms with E-state index in [-0.39, 0.29) is 15.8 Å². The van der Waals surface area contributed by atoms with Crippen LogP contribution < -0.4 is 5.69 Å². The molecule has 1 heterocycles. The van der Waals surface area contributed by atoms with Crippen molar-refractivity contribution in [2.45, 2.75) is 11.7 Å². The fraction of sp³-hybridized carbons (Fsp3) is 0.143. The van der Waals surface area contributed by atoms with Crippen LogP contribution in [0.3, 0.4) is 0 Å². The van der Waals surface area contributed by atoms with Crippen LogP contribution in [0.1, 0.15) is 16.8 Å². The van der Waals surface area contributed by atoms with Gasteiger partial charge in [0.05, 0.1) is 11.3 Å². The molecule has 0 unspecified atom stereocenters.